The summed E-state index contributed by atoms with van der Waals surface area (Å²) in [5.41, 5.74) is 1.46. The lowest BCUT2D eigenvalue weighted by atomic mass is 9.91. The zero-order chi connectivity index (χ0) is 15.7. The molecule has 1 fully saturated rings. The second-order valence-corrected chi connectivity index (χ2v) is 6.77. The average Bonchev–Trinajstić information content (AvgIpc) is 2.45. The van der Waals surface area contributed by atoms with E-state index in [2.05, 4.69) is 24.1 Å². The highest BCUT2D eigenvalue weighted by molar-refractivity contribution is 5.95. The number of hydrogen-bond acceptors (Lipinski definition) is 4. The Labute approximate surface area is 131 Å². The molecule has 2 N–H and O–H groups in total. The lowest BCUT2D eigenvalue weighted by Gasteiger charge is -2.36. The van der Waals surface area contributed by atoms with Gasteiger partial charge in [-0.25, -0.2) is 0 Å². The standard InChI is InChI=1S/C17H24N2O3/c1-11-5-12(2)8-19(7-11)9-15(20)13-3-4-16-14(6-13)18-17(21)10-22-16/h3-4,6,11-12,15,20H,5,7-10H2,1-2H3,(H,18,21). The number of ether oxygens (including phenoxy) is 1. The molecule has 2 aliphatic rings. The Morgan fingerprint density at radius 1 is 1.36 bits per heavy atom. The summed E-state index contributed by atoms with van der Waals surface area (Å²) in [6.07, 6.45) is 0.705. The van der Waals surface area contributed by atoms with Crippen molar-refractivity contribution in [2.45, 2.75) is 26.4 Å². The molecule has 120 valence electrons. The molecule has 1 saturated heterocycles. The molecule has 0 saturated carbocycles. The van der Waals surface area contributed by atoms with Crippen molar-refractivity contribution in [3.8, 4) is 5.75 Å². The number of carbonyl (C=O) groups is 1. The number of nitrogens with one attached hydrogen (secondary N) is 1. The van der Waals surface area contributed by atoms with Gasteiger partial charge in [-0.05, 0) is 36.0 Å². The first kappa shape index (κ1) is 15.3. The third-order valence-electron chi connectivity index (χ3n) is 4.40. The topological polar surface area (TPSA) is 61.8 Å². The summed E-state index contributed by atoms with van der Waals surface area (Å²) in [5, 5.41) is 13.3. The number of aliphatic hydroxyl groups excluding tert-OH is 1. The lowest BCUT2D eigenvalue weighted by molar-refractivity contribution is -0.118. The third-order valence-corrected chi connectivity index (χ3v) is 4.40. The van der Waals surface area contributed by atoms with E-state index < -0.39 is 6.10 Å². The van der Waals surface area contributed by atoms with Crippen LogP contribution in [0.25, 0.3) is 0 Å². The Bertz CT molecular complexity index is 551. The quantitative estimate of drug-likeness (QED) is 0.897. The van der Waals surface area contributed by atoms with Gasteiger partial charge in [0.25, 0.3) is 5.91 Å². The molecule has 0 bridgehead atoms. The maximum Gasteiger partial charge on any atom is 0.262 e. The Hall–Kier alpha value is -1.59. The number of β-amino-alcohol motifs (C(OH)–C–C–N with tert-alkyl or cyclic N) is 1. The minimum atomic E-state index is -0.554. The zero-order valence-electron chi connectivity index (χ0n) is 13.2. The van der Waals surface area contributed by atoms with Crippen molar-refractivity contribution >= 4 is 11.6 Å². The predicted molar refractivity (Wildman–Crippen MR) is 84.9 cm³/mol. The van der Waals surface area contributed by atoms with Gasteiger partial charge in [-0.15, -0.1) is 0 Å². The number of likely N-dealkylation sites (tertiary alicyclic amines) is 1. The van der Waals surface area contributed by atoms with Crippen LogP contribution in [0.1, 0.15) is 31.9 Å². The number of fused-ring (bicyclic) bond motifs is 1. The Morgan fingerprint density at radius 3 is 2.82 bits per heavy atom. The monoisotopic (exact) mass is 304 g/mol. The number of rotatable bonds is 3. The predicted octanol–water partition coefficient (Wildman–Crippen LogP) is 2.03. The molecule has 2 heterocycles. The maximum absolute atomic E-state index is 11.4. The molecule has 0 aromatic heterocycles. The Kier molecular flexibility index (Phi) is 4.36. The van der Waals surface area contributed by atoms with Crippen molar-refractivity contribution in [3.63, 3.8) is 0 Å². The molecule has 3 unspecified atom stereocenters. The van der Waals surface area contributed by atoms with Gasteiger partial charge in [0.15, 0.2) is 6.61 Å². The Balaban J connectivity index is 1.68. The zero-order valence-corrected chi connectivity index (χ0v) is 13.2. The molecule has 0 radical (unpaired) electrons. The molecular formula is C17H24N2O3. The van der Waals surface area contributed by atoms with Crippen LogP contribution in [-0.4, -0.2) is 42.2 Å². The molecule has 0 aliphatic carbocycles. The van der Waals surface area contributed by atoms with Crippen molar-refractivity contribution in [3.05, 3.63) is 23.8 Å². The van der Waals surface area contributed by atoms with Crippen molar-refractivity contribution in [2.24, 2.45) is 11.8 Å². The summed E-state index contributed by atoms with van der Waals surface area (Å²) >= 11 is 0. The Morgan fingerprint density at radius 2 is 2.09 bits per heavy atom. The van der Waals surface area contributed by atoms with Crippen LogP contribution in [0.15, 0.2) is 18.2 Å². The van der Waals surface area contributed by atoms with Gasteiger partial charge in [0.05, 0.1) is 11.8 Å². The van der Waals surface area contributed by atoms with Gasteiger partial charge in [0, 0.05) is 19.6 Å². The summed E-state index contributed by atoms with van der Waals surface area (Å²) in [6, 6.07) is 5.50. The number of amides is 1. The van der Waals surface area contributed by atoms with E-state index >= 15 is 0 Å². The van der Waals surface area contributed by atoms with E-state index in [0.29, 0.717) is 29.8 Å². The molecule has 2 aliphatic heterocycles. The largest absolute Gasteiger partial charge is 0.482 e. The van der Waals surface area contributed by atoms with Gasteiger partial charge in [0.2, 0.25) is 0 Å². The lowest BCUT2D eigenvalue weighted by Crippen LogP contribution is -2.40. The van der Waals surface area contributed by atoms with Crippen molar-refractivity contribution in [2.75, 3.05) is 31.6 Å². The highest BCUT2D eigenvalue weighted by Gasteiger charge is 2.24. The number of anilines is 1. The summed E-state index contributed by atoms with van der Waals surface area (Å²) in [7, 11) is 0. The van der Waals surface area contributed by atoms with E-state index in [-0.39, 0.29) is 12.5 Å². The fourth-order valence-electron chi connectivity index (χ4n) is 3.60. The molecule has 5 heteroatoms. The minimum Gasteiger partial charge on any atom is -0.482 e. The maximum atomic E-state index is 11.4. The van der Waals surface area contributed by atoms with Gasteiger partial charge < -0.3 is 15.2 Å². The molecule has 1 aromatic rings. The molecule has 5 nitrogen and oxygen atoms in total. The molecule has 1 aromatic carbocycles. The van der Waals surface area contributed by atoms with Crippen LogP contribution < -0.4 is 10.1 Å². The second kappa shape index (κ2) is 6.26. The van der Waals surface area contributed by atoms with Crippen LogP contribution in [-0.2, 0) is 4.79 Å². The first-order valence-corrected chi connectivity index (χ1v) is 7.98. The van der Waals surface area contributed by atoms with Gasteiger partial charge >= 0.3 is 0 Å². The number of nitrogens with zero attached hydrogens (tertiary/aromatic N) is 1. The molecule has 3 rings (SSSR count). The fraction of sp³-hybridized carbons (Fsp3) is 0.588. The van der Waals surface area contributed by atoms with Crippen LogP contribution in [0.2, 0.25) is 0 Å². The van der Waals surface area contributed by atoms with E-state index in [1.165, 1.54) is 6.42 Å². The van der Waals surface area contributed by atoms with Gasteiger partial charge in [-0.1, -0.05) is 19.9 Å². The molecule has 0 spiro atoms. The summed E-state index contributed by atoms with van der Waals surface area (Å²) in [5.74, 6) is 1.85. The summed E-state index contributed by atoms with van der Waals surface area (Å²) < 4.78 is 5.34. The van der Waals surface area contributed by atoms with Crippen LogP contribution in [0.3, 0.4) is 0 Å². The van der Waals surface area contributed by atoms with Crippen LogP contribution in [0, 0.1) is 11.8 Å². The van der Waals surface area contributed by atoms with Crippen molar-refractivity contribution < 1.29 is 14.6 Å². The van der Waals surface area contributed by atoms with E-state index in [1.807, 2.05) is 18.2 Å². The minimum absolute atomic E-state index is 0.0540. The SMILES string of the molecule is CC1CC(C)CN(CC(O)c2ccc3c(c2)NC(=O)CO3)C1. The second-order valence-electron chi connectivity index (χ2n) is 6.77. The third kappa shape index (κ3) is 3.42. The molecule has 3 atom stereocenters. The number of piperidine rings is 1. The highest BCUT2D eigenvalue weighted by Crippen LogP contribution is 2.31. The van der Waals surface area contributed by atoms with E-state index in [9.17, 15) is 9.90 Å². The van der Waals surface area contributed by atoms with Crippen molar-refractivity contribution in [1.29, 1.82) is 0 Å². The van der Waals surface area contributed by atoms with Crippen LogP contribution >= 0.6 is 0 Å². The first-order valence-electron chi connectivity index (χ1n) is 7.98. The van der Waals surface area contributed by atoms with Gasteiger partial charge in [0.1, 0.15) is 5.75 Å². The average molecular weight is 304 g/mol. The van der Waals surface area contributed by atoms with Gasteiger partial charge in [-0.3, -0.25) is 9.69 Å². The van der Waals surface area contributed by atoms with Crippen molar-refractivity contribution in [1.82, 2.24) is 4.90 Å². The van der Waals surface area contributed by atoms with E-state index in [4.69, 9.17) is 4.74 Å². The first-order chi connectivity index (χ1) is 10.5. The number of aliphatic hydroxyl groups is 1. The van der Waals surface area contributed by atoms with Crippen LogP contribution in [0.5, 0.6) is 5.75 Å². The summed E-state index contributed by atoms with van der Waals surface area (Å²) in [6.45, 7) is 7.28. The van der Waals surface area contributed by atoms with Gasteiger partial charge in [-0.2, -0.15) is 0 Å². The molecular weight excluding hydrogens is 280 g/mol. The number of hydrogen-bond donors (Lipinski definition) is 2. The summed E-state index contributed by atoms with van der Waals surface area (Å²) in [4.78, 5) is 13.7. The van der Waals surface area contributed by atoms with E-state index in [1.54, 1.807) is 0 Å². The van der Waals surface area contributed by atoms with Crippen LogP contribution in [0.4, 0.5) is 5.69 Å². The normalized spacial score (nSPS) is 26.8. The smallest absolute Gasteiger partial charge is 0.262 e. The molecule has 22 heavy (non-hydrogen) atoms. The van der Waals surface area contributed by atoms with E-state index in [0.717, 1.165) is 18.7 Å². The highest BCUT2D eigenvalue weighted by atomic mass is 16.5. The number of carbonyl (C=O) groups excluding carboxylic acids is 1. The fourth-order valence-corrected chi connectivity index (χ4v) is 3.60. The molecule has 1 amide bonds. The number of benzene rings is 1.